The van der Waals surface area contributed by atoms with Crippen LogP contribution in [0.25, 0.3) is 5.57 Å². The van der Waals surface area contributed by atoms with Crippen LogP contribution in [0.4, 0.5) is 0 Å². The van der Waals surface area contributed by atoms with Gasteiger partial charge in [0, 0.05) is 5.88 Å². The molecular formula is C15H22ClN. The van der Waals surface area contributed by atoms with Crippen LogP contribution in [0.15, 0.2) is 36.4 Å². The summed E-state index contributed by atoms with van der Waals surface area (Å²) in [6.07, 6.45) is 5.54. The highest BCUT2D eigenvalue weighted by atomic mass is 35.5. The van der Waals surface area contributed by atoms with Gasteiger partial charge in [0.15, 0.2) is 0 Å². The van der Waals surface area contributed by atoms with Gasteiger partial charge in [-0.05, 0) is 51.0 Å². The Morgan fingerprint density at radius 3 is 2.53 bits per heavy atom. The van der Waals surface area contributed by atoms with Gasteiger partial charge in [-0.1, -0.05) is 36.4 Å². The molecule has 17 heavy (non-hydrogen) atoms. The zero-order valence-electron chi connectivity index (χ0n) is 10.8. The van der Waals surface area contributed by atoms with Gasteiger partial charge in [-0.3, -0.25) is 0 Å². The monoisotopic (exact) mass is 251 g/mol. The molecule has 2 heteroatoms. The van der Waals surface area contributed by atoms with E-state index in [9.17, 15) is 0 Å². The van der Waals surface area contributed by atoms with E-state index in [1.165, 1.54) is 17.6 Å². The van der Waals surface area contributed by atoms with Gasteiger partial charge < -0.3 is 4.90 Å². The molecule has 0 amide bonds. The molecule has 0 aliphatic heterocycles. The van der Waals surface area contributed by atoms with Gasteiger partial charge in [-0.25, -0.2) is 0 Å². The number of allylic oxidation sites excluding steroid dienone is 2. The predicted octanol–water partition coefficient (Wildman–Crippen LogP) is 4.04. The van der Waals surface area contributed by atoms with Crippen LogP contribution in [0.2, 0.25) is 0 Å². The minimum absolute atomic E-state index is 0.698. The molecule has 1 aromatic rings. The van der Waals surface area contributed by atoms with Crippen molar-refractivity contribution in [3.8, 4) is 0 Å². The lowest BCUT2D eigenvalue weighted by Crippen LogP contribution is -2.12. The SMILES string of the molecule is CN(C)CCCC(=CCCCl)c1ccccc1. The van der Waals surface area contributed by atoms with Crippen molar-refractivity contribution in [3.63, 3.8) is 0 Å². The van der Waals surface area contributed by atoms with Crippen molar-refractivity contribution in [1.29, 1.82) is 0 Å². The van der Waals surface area contributed by atoms with Crippen LogP contribution < -0.4 is 0 Å². The van der Waals surface area contributed by atoms with Crippen molar-refractivity contribution in [2.24, 2.45) is 0 Å². The second-order valence-corrected chi connectivity index (χ2v) is 4.86. The Kier molecular flexibility index (Phi) is 6.99. The minimum atomic E-state index is 0.698. The van der Waals surface area contributed by atoms with Gasteiger partial charge in [0.1, 0.15) is 0 Å². The molecule has 0 radical (unpaired) electrons. The van der Waals surface area contributed by atoms with Gasteiger partial charge in [0.2, 0.25) is 0 Å². The summed E-state index contributed by atoms with van der Waals surface area (Å²) in [5, 5.41) is 0. The first-order valence-corrected chi connectivity index (χ1v) is 6.72. The number of rotatable bonds is 7. The molecule has 0 aromatic heterocycles. The first kappa shape index (κ1) is 14.3. The number of halogens is 1. The summed E-state index contributed by atoms with van der Waals surface area (Å²) in [6, 6.07) is 10.6. The fraction of sp³-hybridized carbons (Fsp3) is 0.467. The van der Waals surface area contributed by atoms with Gasteiger partial charge >= 0.3 is 0 Å². The first-order chi connectivity index (χ1) is 8.24. The van der Waals surface area contributed by atoms with Crippen LogP contribution in [0.3, 0.4) is 0 Å². The smallest absolute Gasteiger partial charge is 0.0258 e. The lowest BCUT2D eigenvalue weighted by molar-refractivity contribution is 0.403. The maximum absolute atomic E-state index is 5.76. The molecule has 0 saturated heterocycles. The molecular weight excluding hydrogens is 230 g/mol. The molecule has 0 aliphatic rings. The largest absolute Gasteiger partial charge is 0.309 e. The van der Waals surface area contributed by atoms with Crippen molar-refractivity contribution in [3.05, 3.63) is 42.0 Å². The molecule has 1 nitrogen and oxygen atoms in total. The number of alkyl halides is 1. The van der Waals surface area contributed by atoms with Crippen LogP contribution in [-0.2, 0) is 0 Å². The quantitative estimate of drug-likeness (QED) is 0.661. The molecule has 0 atom stereocenters. The summed E-state index contributed by atoms with van der Waals surface area (Å²) in [4.78, 5) is 2.23. The highest BCUT2D eigenvalue weighted by Crippen LogP contribution is 2.20. The summed E-state index contributed by atoms with van der Waals surface area (Å²) >= 11 is 5.76. The third kappa shape index (κ3) is 5.90. The van der Waals surface area contributed by atoms with Gasteiger partial charge in [-0.2, -0.15) is 0 Å². The fourth-order valence-electron chi connectivity index (χ4n) is 1.83. The number of nitrogens with zero attached hydrogens (tertiary/aromatic N) is 1. The van der Waals surface area contributed by atoms with Crippen molar-refractivity contribution < 1.29 is 0 Å². The van der Waals surface area contributed by atoms with E-state index in [4.69, 9.17) is 11.6 Å². The lowest BCUT2D eigenvalue weighted by atomic mass is 10.00. The Bertz CT molecular complexity index is 330. The second kappa shape index (κ2) is 8.32. The van der Waals surface area contributed by atoms with E-state index in [-0.39, 0.29) is 0 Å². The Balaban J connectivity index is 2.62. The predicted molar refractivity (Wildman–Crippen MR) is 77.5 cm³/mol. The summed E-state index contributed by atoms with van der Waals surface area (Å²) in [7, 11) is 4.23. The number of benzene rings is 1. The van der Waals surface area contributed by atoms with E-state index in [0.717, 1.165) is 19.4 Å². The Hall–Kier alpha value is -0.790. The minimum Gasteiger partial charge on any atom is -0.309 e. The molecule has 0 aliphatic carbocycles. The molecule has 0 fully saturated rings. The van der Waals surface area contributed by atoms with Crippen LogP contribution in [-0.4, -0.2) is 31.4 Å². The highest BCUT2D eigenvalue weighted by Gasteiger charge is 2.01. The summed E-state index contributed by atoms with van der Waals surface area (Å²) in [6.45, 7) is 1.13. The van der Waals surface area contributed by atoms with Crippen LogP contribution in [0.1, 0.15) is 24.8 Å². The van der Waals surface area contributed by atoms with Crippen LogP contribution >= 0.6 is 11.6 Å². The van der Waals surface area contributed by atoms with Crippen molar-refractivity contribution in [2.75, 3.05) is 26.5 Å². The Labute approximate surface area is 110 Å². The van der Waals surface area contributed by atoms with E-state index in [1.54, 1.807) is 0 Å². The molecule has 0 unspecified atom stereocenters. The molecule has 0 saturated carbocycles. The normalized spacial score (nSPS) is 12.1. The van der Waals surface area contributed by atoms with Gasteiger partial charge in [0.25, 0.3) is 0 Å². The summed E-state index contributed by atoms with van der Waals surface area (Å²) in [5.41, 5.74) is 2.75. The molecule has 0 bridgehead atoms. The van der Waals surface area contributed by atoms with E-state index in [0.29, 0.717) is 5.88 Å². The molecule has 0 heterocycles. The maximum Gasteiger partial charge on any atom is 0.0258 e. The Morgan fingerprint density at radius 1 is 1.24 bits per heavy atom. The van der Waals surface area contributed by atoms with Crippen molar-refractivity contribution in [1.82, 2.24) is 4.90 Å². The Morgan fingerprint density at radius 2 is 1.94 bits per heavy atom. The first-order valence-electron chi connectivity index (χ1n) is 6.19. The average Bonchev–Trinajstić information content (AvgIpc) is 2.34. The standard InChI is InChI=1S/C15H22ClN/c1-17(2)13-7-11-15(10-6-12-16)14-8-4-3-5-9-14/h3-5,8-10H,6-7,11-13H2,1-2H3. The zero-order valence-corrected chi connectivity index (χ0v) is 11.6. The van der Waals surface area contributed by atoms with E-state index >= 15 is 0 Å². The molecule has 94 valence electrons. The van der Waals surface area contributed by atoms with Crippen molar-refractivity contribution in [2.45, 2.75) is 19.3 Å². The molecule has 1 rings (SSSR count). The lowest BCUT2D eigenvalue weighted by Gasteiger charge is -2.11. The third-order valence-corrected chi connectivity index (χ3v) is 2.91. The topological polar surface area (TPSA) is 3.24 Å². The van der Waals surface area contributed by atoms with E-state index in [2.05, 4.69) is 55.4 Å². The van der Waals surface area contributed by atoms with E-state index < -0.39 is 0 Å². The van der Waals surface area contributed by atoms with E-state index in [1.807, 2.05) is 0 Å². The molecule has 0 N–H and O–H groups in total. The molecule has 1 aromatic carbocycles. The van der Waals surface area contributed by atoms with Gasteiger partial charge in [0.05, 0.1) is 0 Å². The average molecular weight is 252 g/mol. The fourth-order valence-corrected chi connectivity index (χ4v) is 1.94. The number of hydrogen-bond acceptors (Lipinski definition) is 1. The summed E-state index contributed by atoms with van der Waals surface area (Å²) in [5.74, 6) is 0.698. The van der Waals surface area contributed by atoms with Crippen LogP contribution in [0, 0.1) is 0 Å². The summed E-state index contributed by atoms with van der Waals surface area (Å²) < 4.78 is 0. The number of hydrogen-bond donors (Lipinski definition) is 0. The third-order valence-electron chi connectivity index (χ3n) is 2.70. The maximum atomic E-state index is 5.76. The van der Waals surface area contributed by atoms with Crippen molar-refractivity contribution >= 4 is 17.2 Å². The zero-order chi connectivity index (χ0) is 12.5. The molecule has 0 spiro atoms. The van der Waals surface area contributed by atoms with Crippen LogP contribution in [0.5, 0.6) is 0 Å². The van der Waals surface area contributed by atoms with Gasteiger partial charge in [-0.15, -0.1) is 11.6 Å². The highest BCUT2D eigenvalue weighted by molar-refractivity contribution is 6.17. The second-order valence-electron chi connectivity index (χ2n) is 4.48.